The maximum atomic E-state index is 15.0. The van der Waals surface area contributed by atoms with Crippen LogP contribution in [0.2, 0.25) is 0 Å². The Kier molecular flexibility index (Phi) is 4.92. The van der Waals surface area contributed by atoms with E-state index in [1.807, 2.05) is 24.3 Å². The number of hydrogen-bond acceptors (Lipinski definition) is 4. The number of halogens is 1. The summed E-state index contributed by atoms with van der Waals surface area (Å²) in [6, 6.07) is 10.7. The first-order valence-electron chi connectivity index (χ1n) is 9.73. The van der Waals surface area contributed by atoms with Gasteiger partial charge in [0.1, 0.15) is 17.2 Å². The molecule has 152 valence electrons. The zero-order valence-electron chi connectivity index (χ0n) is 16.5. The fourth-order valence-electron chi connectivity index (χ4n) is 3.69. The van der Waals surface area contributed by atoms with E-state index in [4.69, 9.17) is 4.42 Å². The molecule has 0 spiro atoms. The molecule has 1 aliphatic carbocycles. The molecule has 2 aromatic carbocycles. The van der Waals surface area contributed by atoms with Crippen LogP contribution in [-0.4, -0.2) is 34.9 Å². The molecule has 1 amide bonds. The molecule has 3 aromatic rings. The summed E-state index contributed by atoms with van der Waals surface area (Å²) in [6.45, 7) is 2.34. The summed E-state index contributed by atoms with van der Waals surface area (Å²) in [5, 5.41) is 22.1. The Bertz CT molecular complexity index is 1080. The lowest BCUT2D eigenvalue weighted by Crippen LogP contribution is -2.51. The number of benzene rings is 2. The third kappa shape index (κ3) is 3.54. The average molecular weight is 397 g/mol. The van der Waals surface area contributed by atoms with Gasteiger partial charge in [-0.25, -0.2) is 4.39 Å². The van der Waals surface area contributed by atoms with Gasteiger partial charge in [0.05, 0.1) is 24.3 Å². The van der Waals surface area contributed by atoms with Crippen LogP contribution in [0.3, 0.4) is 0 Å². The minimum atomic E-state index is -1.17. The minimum absolute atomic E-state index is 0.276. The largest absolute Gasteiger partial charge is 0.460 e. The molecule has 1 saturated carbocycles. The van der Waals surface area contributed by atoms with Crippen molar-refractivity contribution < 1.29 is 23.8 Å². The number of furan rings is 1. The van der Waals surface area contributed by atoms with Crippen LogP contribution in [-0.2, 0) is 0 Å². The number of hydrogen-bond donors (Lipinski definition) is 3. The molecule has 0 saturated heterocycles. The van der Waals surface area contributed by atoms with Crippen molar-refractivity contribution in [3.63, 3.8) is 0 Å². The van der Waals surface area contributed by atoms with E-state index in [9.17, 15) is 19.4 Å². The van der Waals surface area contributed by atoms with Gasteiger partial charge in [-0.05, 0) is 49.8 Å². The number of rotatable bonds is 6. The highest BCUT2D eigenvalue weighted by molar-refractivity contribution is 6.08. The first-order chi connectivity index (χ1) is 13.9. The van der Waals surface area contributed by atoms with Gasteiger partial charge in [-0.15, -0.1) is 0 Å². The Balaban J connectivity index is 1.83. The summed E-state index contributed by atoms with van der Waals surface area (Å²) in [7, 11) is 0. The maximum absolute atomic E-state index is 15.0. The van der Waals surface area contributed by atoms with Gasteiger partial charge in [-0.1, -0.05) is 24.3 Å². The van der Waals surface area contributed by atoms with Crippen molar-refractivity contribution in [2.24, 2.45) is 0 Å². The molecule has 1 fully saturated rings. The second kappa shape index (κ2) is 7.28. The molecule has 5 nitrogen and oxygen atoms in total. The number of fused-ring (bicyclic) bond motifs is 1. The molecule has 29 heavy (non-hydrogen) atoms. The standard InChI is InChI=1S/C23H24FNO4/c1-13-21(22(28)25-23(2,11-26)12-27)18-9-17(19(24)10-20(18)29-13)16-6-4-3-5-15(16)14-7-8-14/h3-6,9-10,14,26-27H,7-8,11-12H2,1-2H3,(H,25,28). The van der Waals surface area contributed by atoms with Crippen LogP contribution in [0.25, 0.3) is 22.1 Å². The van der Waals surface area contributed by atoms with Crippen molar-refractivity contribution in [3.05, 3.63) is 59.1 Å². The van der Waals surface area contributed by atoms with Gasteiger partial charge >= 0.3 is 0 Å². The third-order valence-corrected chi connectivity index (χ3v) is 5.56. The highest BCUT2D eigenvalue weighted by Crippen LogP contribution is 2.45. The fraction of sp³-hybridized carbons (Fsp3) is 0.348. The molecule has 1 aromatic heterocycles. The predicted molar refractivity (Wildman–Crippen MR) is 108 cm³/mol. The Morgan fingerprint density at radius 3 is 2.55 bits per heavy atom. The fourth-order valence-corrected chi connectivity index (χ4v) is 3.69. The lowest BCUT2D eigenvalue weighted by molar-refractivity contribution is 0.0723. The van der Waals surface area contributed by atoms with E-state index in [0.29, 0.717) is 22.6 Å². The quantitative estimate of drug-likeness (QED) is 0.589. The smallest absolute Gasteiger partial charge is 0.256 e. The van der Waals surface area contributed by atoms with Crippen molar-refractivity contribution in [1.29, 1.82) is 0 Å². The molecule has 0 radical (unpaired) electrons. The Morgan fingerprint density at radius 2 is 1.90 bits per heavy atom. The van der Waals surface area contributed by atoms with Gasteiger partial charge in [-0.3, -0.25) is 4.79 Å². The highest BCUT2D eigenvalue weighted by atomic mass is 19.1. The average Bonchev–Trinajstić information content (AvgIpc) is 3.50. The number of carbonyl (C=O) groups is 1. The van der Waals surface area contributed by atoms with Crippen molar-refractivity contribution >= 4 is 16.9 Å². The van der Waals surface area contributed by atoms with Crippen molar-refractivity contribution in [2.45, 2.75) is 38.1 Å². The van der Waals surface area contributed by atoms with Gasteiger partial charge in [-0.2, -0.15) is 0 Å². The predicted octanol–water partition coefficient (Wildman–Crippen LogP) is 3.90. The van der Waals surface area contributed by atoms with Gasteiger partial charge in [0.15, 0.2) is 0 Å². The molecule has 1 aliphatic rings. The van der Waals surface area contributed by atoms with Crippen LogP contribution in [0.1, 0.15) is 47.4 Å². The summed E-state index contributed by atoms with van der Waals surface area (Å²) in [4.78, 5) is 12.9. The molecule has 6 heteroatoms. The van der Waals surface area contributed by atoms with Crippen LogP contribution in [0.15, 0.2) is 40.8 Å². The molecule has 4 rings (SSSR count). The number of amides is 1. The third-order valence-electron chi connectivity index (χ3n) is 5.56. The van der Waals surface area contributed by atoms with E-state index < -0.39 is 30.5 Å². The van der Waals surface area contributed by atoms with E-state index in [-0.39, 0.29) is 11.1 Å². The Labute approximate surface area is 168 Å². The molecule has 0 atom stereocenters. The zero-order chi connectivity index (χ0) is 20.8. The second-order valence-electron chi connectivity index (χ2n) is 8.05. The van der Waals surface area contributed by atoms with Crippen LogP contribution in [0.4, 0.5) is 4.39 Å². The normalized spacial score (nSPS) is 14.4. The van der Waals surface area contributed by atoms with Gasteiger partial charge in [0, 0.05) is 17.0 Å². The van der Waals surface area contributed by atoms with Crippen LogP contribution >= 0.6 is 0 Å². The first kappa shape index (κ1) is 19.6. The van der Waals surface area contributed by atoms with Gasteiger partial charge in [0.2, 0.25) is 0 Å². The van der Waals surface area contributed by atoms with Crippen LogP contribution in [0, 0.1) is 12.7 Å². The zero-order valence-corrected chi connectivity index (χ0v) is 16.5. The monoisotopic (exact) mass is 397 g/mol. The van der Waals surface area contributed by atoms with Crippen molar-refractivity contribution in [2.75, 3.05) is 13.2 Å². The van der Waals surface area contributed by atoms with Crippen molar-refractivity contribution in [1.82, 2.24) is 5.32 Å². The van der Waals surface area contributed by atoms with Crippen LogP contribution < -0.4 is 5.32 Å². The van der Waals surface area contributed by atoms with E-state index in [2.05, 4.69) is 5.32 Å². The molecular formula is C23H24FNO4. The van der Waals surface area contributed by atoms with Gasteiger partial charge in [0.25, 0.3) is 5.91 Å². The summed E-state index contributed by atoms with van der Waals surface area (Å²) in [5.74, 6) is -0.0884. The number of aryl methyl sites for hydroxylation is 1. The van der Waals surface area contributed by atoms with E-state index in [1.165, 1.54) is 6.07 Å². The Morgan fingerprint density at radius 1 is 1.21 bits per heavy atom. The first-order valence-corrected chi connectivity index (χ1v) is 9.73. The lowest BCUT2D eigenvalue weighted by Gasteiger charge is -2.26. The number of carbonyl (C=O) groups excluding carboxylic acids is 1. The second-order valence-corrected chi connectivity index (χ2v) is 8.05. The molecule has 0 unspecified atom stereocenters. The topological polar surface area (TPSA) is 82.7 Å². The van der Waals surface area contributed by atoms with E-state index in [1.54, 1.807) is 19.9 Å². The Hall–Kier alpha value is -2.70. The molecule has 0 aliphatic heterocycles. The number of nitrogens with one attached hydrogen (secondary N) is 1. The molecule has 1 heterocycles. The van der Waals surface area contributed by atoms with Gasteiger partial charge < -0.3 is 19.9 Å². The van der Waals surface area contributed by atoms with E-state index >= 15 is 0 Å². The highest BCUT2D eigenvalue weighted by Gasteiger charge is 2.30. The number of aliphatic hydroxyl groups excluding tert-OH is 2. The summed E-state index contributed by atoms with van der Waals surface area (Å²) in [6.07, 6.45) is 2.19. The van der Waals surface area contributed by atoms with Crippen LogP contribution in [0.5, 0.6) is 0 Å². The molecule has 3 N–H and O–H groups in total. The number of aliphatic hydroxyl groups is 2. The summed E-state index contributed by atoms with van der Waals surface area (Å²) in [5.41, 5.74) is 1.77. The minimum Gasteiger partial charge on any atom is -0.460 e. The lowest BCUT2D eigenvalue weighted by atomic mass is 9.94. The van der Waals surface area contributed by atoms with E-state index in [0.717, 1.165) is 24.0 Å². The SMILES string of the molecule is Cc1oc2cc(F)c(-c3ccccc3C3CC3)cc2c1C(=O)NC(C)(CO)CO. The maximum Gasteiger partial charge on any atom is 0.256 e. The van der Waals surface area contributed by atoms with Crippen molar-refractivity contribution in [3.8, 4) is 11.1 Å². The molecular weight excluding hydrogens is 373 g/mol. The summed E-state index contributed by atoms with van der Waals surface area (Å²) >= 11 is 0. The summed E-state index contributed by atoms with van der Waals surface area (Å²) < 4.78 is 20.6. The molecule has 0 bridgehead atoms.